The molecule has 0 spiro atoms. The van der Waals surface area contributed by atoms with Crippen molar-refractivity contribution in [2.24, 2.45) is 0 Å². The van der Waals surface area contributed by atoms with Crippen LogP contribution < -0.4 is 9.47 Å². The number of hydrogen-bond donors (Lipinski definition) is 0. The molecule has 0 bridgehead atoms. The molecule has 0 saturated heterocycles. The van der Waals surface area contributed by atoms with Gasteiger partial charge in [0.25, 0.3) is 0 Å². The molecule has 3 nitrogen and oxygen atoms in total. The molecule has 2 rings (SSSR count). The van der Waals surface area contributed by atoms with E-state index in [1.807, 2.05) is 6.07 Å². The van der Waals surface area contributed by atoms with Crippen LogP contribution in [0.3, 0.4) is 0 Å². The number of likely N-dealkylation sites (N-methyl/N-ethyl adjacent to an activating group) is 1. The standard InChI is InChI=1S/C15H23NO2/c1-4-8-16(5-2)12(3)9-13-6-7-14-15(10-13)18-11-17-14/h6-7,10,12H,4-5,8-9,11H2,1-3H3. The molecule has 0 aliphatic carbocycles. The second-order valence-electron chi connectivity index (χ2n) is 4.87. The Hall–Kier alpha value is -1.22. The molecule has 1 aliphatic heterocycles. The summed E-state index contributed by atoms with van der Waals surface area (Å²) in [5.41, 5.74) is 1.32. The molecule has 1 heterocycles. The molecule has 100 valence electrons. The van der Waals surface area contributed by atoms with Crippen molar-refractivity contribution in [1.82, 2.24) is 4.90 Å². The number of ether oxygens (including phenoxy) is 2. The number of rotatable bonds is 6. The lowest BCUT2D eigenvalue weighted by atomic mass is 10.1. The normalized spacial score (nSPS) is 15.1. The summed E-state index contributed by atoms with van der Waals surface area (Å²) in [6.07, 6.45) is 2.27. The van der Waals surface area contributed by atoms with Gasteiger partial charge in [0, 0.05) is 6.04 Å². The van der Waals surface area contributed by atoms with Crippen LogP contribution >= 0.6 is 0 Å². The molecule has 1 aromatic carbocycles. The van der Waals surface area contributed by atoms with Crippen molar-refractivity contribution < 1.29 is 9.47 Å². The van der Waals surface area contributed by atoms with Gasteiger partial charge in [-0.1, -0.05) is 19.9 Å². The smallest absolute Gasteiger partial charge is 0.231 e. The van der Waals surface area contributed by atoms with E-state index in [2.05, 4.69) is 37.8 Å². The average Bonchev–Trinajstić information content (AvgIpc) is 2.83. The summed E-state index contributed by atoms with van der Waals surface area (Å²) >= 11 is 0. The maximum Gasteiger partial charge on any atom is 0.231 e. The van der Waals surface area contributed by atoms with E-state index in [0.717, 1.165) is 24.5 Å². The molecule has 0 fully saturated rings. The van der Waals surface area contributed by atoms with Gasteiger partial charge in [-0.2, -0.15) is 0 Å². The van der Waals surface area contributed by atoms with Crippen LogP contribution in [-0.4, -0.2) is 30.8 Å². The van der Waals surface area contributed by atoms with Crippen molar-refractivity contribution in [2.45, 2.75) is 39.7 Å². The predicted octanol–water partition coefficient (Wildman–Crippen LogP) is 3.08. The van der Waals surface area contributed by atoms with Crippen LogP contribution in [0.1, 0.15) is 32.8 Å². The second-order valence-corrected chi connectivity index (χ2v) is 4.87. The van der Waals surface area contributed by atoms with Crippen molar-refractivity contribution in [3.05, 3.63) is 23.8 Å². The Balaban J connectivity index is 2.00. The molecule has 0 aromatic heterocycles. The van der Waals surface area contributed by atoms with Crippen LogP contribution in [0.25, 0.3) is 0 Å². The van der Waals surface area contributed by atoms with E-state index in [4.69, 9.17) is 9.47 Å². The van der Waals surface area contributed by atoms with E-state index in [1.165, 1.54) is 18.5 Å². The van der Waals surface area contributed by atoms with E-state index in [9.17, 15) is 0 Å². The zero-order valence-corrected chi connectivity index (χ0v) is 11.6. The molecule has 0 saturated carbocycles. The molecule has 0 N–H and O–H groups in total. The number of nitrogens with zero attached hydrogens (tertiary/aromatic N) is 1. The summed E-state index contributed by atoms with van der Waals surface area (Å²) in [6, 6.07) is 6.83. The highest BCUT2D eigenvalue weighted by Gasteiger charge is 2.16. The summed E-state index contributed by atoms with van der Waals surface area (Å²) in [4.78, 5) is 2.52. The van der Waals surface area contributed by atoms with Crippen LogP contribution in [0.15, 0.2) is 18.2 Å². The van der Waals surface area contributed by atoms with Gasteiger partial charge in [0.15, 0.2) is 11.5 Å². The topological polar surface area (TPSA) is 21.7 Å². The minimum atomic E-state index is 0.352. The molecule has 1 aliphatic rings. The third-order valence-corrected chi connectivity index (χ3v) is 3.51. The molecular weight excluding hydrogens is 226 g/mol. The second kappa shape index (κ2) is 6.10. The highest BCUT2D eigenvalue weighted by atomic mass is 16.7. The zero-order chi connectivity index (χ0) is 13.0. The maximum atomic E-state index is 5.42. The summed E-state index contributed by atoms with van der Waals surface area (Å²) < 4.78 is 10.8. The third kappa shape index (κ3) is 2.96. The van der Waals surface area contributed by atoms with Crippen molar-refractivity contribution in [3.8, 4) is 11.5 Å². The molecule has 1 aromatic rings. The van der Waals surface area contributed by atoms with Crippen LogP contribution in [0.2, 0.25) is 0 Å². The molecule has 1 atom stereocenters. The van der Waals surface area contributed by atoms with Crippen molar-refractivity contribution >= 4 is 0 Å². The van der Waals surface area contributed by atoms with Crippen molar-refractivity contribution in [3.63, 3.8) is 0 Å². The van der Waals surface area contributed by atoms with Crippen LogP contribution in [-0.2, 0) is 6.42 Å². The Bertz CT molecular complexity index is 392. The minimum absolute atomic E-state index is 0.352. The lowest BCUT2D eigenvalue weighted by Gasteiger charge is -2.27. The van der Waals surface area contributed by atoms with Crippen LogP contribution in [0.5, 0.6) is 11.5 Å². The van der Waals surface area contributed by atoms with Gasteiger partial charge in [-0.3, -0.25) is 0 Å². The Labute approximate surface area is 110 Å². The molecule has 18 heavy (non-hydrogen) atoms. The fourth-order valence-electron chi connectivity index (χ4n) is 2.52. The van der Waals surface area contributed by atoms with Gasteiger partial charge in [0.05, 0.1) is 0 Å². The van der Waals surface area contributed by atoms with Crippen LogP contribution in [0.4, 0.5) is 0 Å². The lowest BCUT2D eigenvalue weighted by Crippen LogP contribution is -2.35. The summed E-state index contributed by atoms with van der Waals surface area (Å²) in [6.45, 7) is 9.39. The first kappa shape index (κ1) is 13.2. The van der Waals surface area contributed by atoms with Gasteiger partial charge in [0.1, 0.15) is 0 Å². The first-order valence-electron chi connectivity index (χ1n) is 6.87. The highest BCUT2D eigenvalue weighted by molar-refractivity contribution is 5.44. The van der Waals surface area contributed by atoms with Crippen molar-refractivity contribution in [1.29, 1.82) is 0 Å². The third-order valence-electron chi connectivity index (χ3n) is 3.51. The molecule has 0 amide bonds. The lowest BCUT2D eigenvalue weighted by molar-refractivity contribution is 0.174. The first-order chi connectivity index (χ1) is 8.74. The molecular formula is C15H23NO2. The van der Waals surface area contributed by atoms with Gasteiger partial charge >= 0.3 is 0 Å². The molecule has 0 radical (unpaired) electrons. The Morgan fingerprint density at radius 2 is 2.00 bits per heavy atom. The van der Waals surface area contributed by atoms with E-state index in [0.29, 0.717) is 12.8 Å². The van der Waals surface area contributed by atoms with E-state index >= 15 is 0 Å². The monoisotopic (exact) mass is 249 g/mol. The zero-order valence-electron chi connectivity index (χ0n) is 11.6. The average molecular weight is 249 g/mol. The Kier molecular flexibility index (Phi) is 4.48. The maximum absolute atomic E-state index is 5.42. The molecule has 1 unspecified atom stereocenters. The van der Waals surface area contributed by atoms with Gasteiger partial charge in [-0.15, -0.1) is 0 Å². The highest BCUT2D eigenvalue weighted by Crippen LogP contribution is 2.32. The quantitative estimate of drug-likeness (QED) is 0.773. The number of benzene rings is 1. The fourth-order valence-corrected chi connectivity index (χ4v) is 2.52. The SMILES string of the molecule is CCCN(CC)C(C)Cc1ccc2c(c1)OCO2. The first-order valence-corrected chi connectivity index (χ1v) is 6.87. The Morgan fingerprint density at radius 1 is 1.22 bits per heavy atom. The van der Waals surface area contributed by atoms with Gasteiger partial charge in [-0.05, 0) is 50.6 Å². The van der Waals surface area contributed by atoms with Gasteiger partial charge < -0.3 is 14.4 Å². The Morgan fingerprint density at radius 3 is 2.72 bits per heavy atom. The summed E-state index contributed by atoms with van der Waals surface area (Å²) in [7, 11) is 0. The van der Waals surface area contributed by atoms with Crippen LogP contribution in [0, 0.1) is 0 Å². The largest absolute Gasteiger partial charge is 0.454 e. The molecule has 3 heteroatoms. The minimum Gasteiger partial charge on any atom is -0.454 e. The van der Waals surface area contributed by atoms with E-state index < -0.39 is 0 Å². The van der Waals surface area contributed by atoms with Crippen molar-refractivity contribution in [2.75, 3.05) is 19.9 Å². The number of fused-ring (bicyclic) bond motifs is 1. The number of hydrogen-bond acceptors (Lipinski definition) is 3. The van der Waals surface area contributed by atoms with E-state index in [-0.39, 0.29) is 0 Å². The van der Waals surface area contributed by atoms with Gasteiger partial charge in [-0.25, -0.2) is 0 Å². The summed E-state index contributed by atoms with van der Waals surface area (Å²) in [5.74, 6) is 1.76. The fraction of sp³-hybridized carbons (Fsp3) is 0.600. The van der Waals surface area contributed by atoms with Gasteiger partial charge in [0.2, 0.25) is 6.79 Å². The van der Waals surface area contributed by atoms with E-state index in [1.54, 1.807) is 0 Å². The summed E-state index contributed by atoms with van der Waals surface area (Å²) in [5, 5.41) is 0. The predicted molar refractivity (Wildman–Crippen MR) is 73.3 cm³/mol.